The molecule has 17 heavy (non-hydrogen) atoms. The molecule has 0 aromatic carbocycles. The fourth-order valence-electron chi connectivity index (χ4n) is 2.64. The molecule has 0 spiro atoms. The Morgan fingerprint density at radius 3 is 1.35 bits per heavy atom. The molecular formula is C15H32N2. The highest BCUT2D eigenvalue weighted by molar-refractivity contribution is 4.89. The predicted octanol–water partition coefficient (Wildman–Crippen LogP) is 3.08. The average Bonchev–Trinajstić information content (AvgIpc) is 2.38. The average molecular weight is 240 g/mol. The standard InChI is InChI=1S/C15H32N2/c1-12(2)15(7)10-16(13(3)4)8-9-17(11-15)14(5)6/h12-14H,8-11H2,1-7H3. The molecule has 1 fully saturated rings. The molecule has 1 heterocycles. The molecule has 2 nitrogen and oxygen atoms in total. The van der Waals surface area contributed by atoms with Crippen LogP contribution in [0.5, 0.6) is 0 Å². The van der Waals surface area contributed by atoms with E-state index in [-0.39, 0.29) is 0 Å². The molecule has 1 rings (SSSR count). The normalized spacial score (nSPS) is 23.6. The van der Waals surface area contributed by atoms with E-state index in [9.17, 15) is 0 Å². The molecule has 0 aliphatic carbocycles. The van der Waals surface area contributed by atoms with Crippen LogP contribution in [-0.2, 0) is 0 Å². The summed E-state index contributed by atoms with van der Waals surface area (Å²) in [5.74, 6) is 0.739. The zero-order valence-corrected chi connectivity index (χ0v) is 13.0. The van der Waals surface area contributed by atoms with Crippen LogP contribution < -0.4 is 0 Å². The van der Waals surface area contributed by atoms with Crippen molar-refractivity contribution >= 4 is 0 Å². The molecule has 2 heteroatoms. The molecule has 1 aliphatic heterocycles. The Morgan fingerprint density at radius 2 is 1.12 bits per heavy atom. The van der Waals surface area contributed by atoms with Gasteiger partial charge in [0, 0.05) is 38.3 Å². The van der Waals surface area contributed by atoms with Crippen LogP contribution in [0, 0.1) is 11.3 Å². The van der Waals surface area contributed by atoms with E-state index in [1.54, 1.807) is 0 Å². The van der Waals surface area contributed by atoms with Crippen molar-refractivity contribution in [2.75, 3.05) is 26.2 Å². The Hall–Kier alpha value is -0.0800. The first-order valence-electron chi connectivity index (χ1n) is 7.24. The van der Waals surface area contributed by atoms with E-state index in [0.717, 1.165) is 5.92 Å². The summed E-state index contributed by atoms with van der Waals surface area (Å²) in [5.41, 5.74) is 0.422. The summed E-state index contributed by atoms with van der Waals surface area (Å²) < 4.78 is 0. The fraction of sp³-hybridized carbons (Fsp3) is 1.00. The minimum Gasteiger partial charge on any atom is -0.299 e. The molecule has 1 saturated heterocycles. The van der Waals surface area contributed by atoms with Gasteiger partial charge in [0.05, 0.1) is 0 Å². The Bertz CT molecular complexity index is 215. The minimum atomic E-state index is 0.422. The van der Waals surface area contributed by atoms with E-state index in [1.807, 2.05) is 0 Å². The Morgan fingerprint density at radius 1 is 0.765 bits per heavy atom. The van der Waals surface area contributed by atoms with Gasteiger partial charge in [-0.05, 0) is 39.0 Å². The molecule has 0 amide bonds. The fourth-order valence-corrected chi connectivity index (χ4v) is 2.64. The molecule has 0 aromatic rings. The van der Waals surface area contributed by atoms with Crippen LogP contribution >= 0.6 is 0 Å². The lowest BCUT2D eigenvalue weighted by molar-refractivity contribution is 0.0921. The molecule has 0 saturated carbocycles. The van der Waals surface area contributed by atoms with Crippen molar-refractivity contribution in [2.24, 2.45) is 11.3 Å². The van der Waals surface area contributed by atoms with Gasteiger partial charge in [0.25, 0.3) is 0 Å². The third-order valence-electron chi connectivity index (χ3n) is 4.66. The predicted molar refractivity (Wildman–Crippen MR) is 76.4 cm³/mol. The van der Waals surface area contributed by atoms with Gasteiger partial charge in [0.15, 0.2) is 0 Å². The molecule has 102 valence electrons. The SMILES string of the molecule is CC(C)N1CCN(C(C)C)CC(C)(C(C)C)C1. The summed E-state index contributed by atoms with van der Waals surface area (Å²) >= 11 is 0. The van der Waals surface area contributed by atoms with E-state index >= 15 is 0 Å². The minimum absolute atomic E-state index is 0.422. The van der Waals surface area contributed by atoms with Crippen LogP contribution in [0.2, 0.25) is 0 Å². The second-order valence-electron chi connectivity index (χ2n) is 6.94. The van der Waals surface area contributed by atoms with Crippen LogP contribution in [-0.4, -0.2) is 48.1 Å². The van der Waals surface area contributed by atoms with Gasteiger partial charge in [0.2, 0.25) is 0 Å². The monoisotopic (exact) mass is 240 g/mol. The molecule has 0 radical (unpaired) electrons. The van der Waals surface area contributed by atoms with Gasteiger partial charge >= 0.3 is 0 Å². The summed E-state index contributed by atoms with van der Waals surface area (Å²) in [5, 5.41) is 0. The number of hydrogen-bond acceptors (Lipinski definition) is 2. The van der Waals surface area contributed by atoms with Gasteiger partial charge < -0.3 is 0 Å². The number of nitrogens with zero attached hydrogens (tertiary/aromatic N) is 2. The maximum atomic E-state index is 2.66. The van der Waals surface area contributed by atoms with Gasteiger partial charge in [-0.15, -0.1) is 0 Å². The van der Waals surface area contributed by atoms with Crippen LogP contribution in [0.15, 0.2) is 0 Å². The maximum Gasteiger partial charge on any atom is 0.0112 e. The van der Waals surface area contributed by atoms with Crippen molar-refractivity contribution in [3.05, 3.63) is 0 Å². The van der Waals surface area contributed by atoms with E-state index in [0.29, 0.717) is 17.5 Å². The highest BCUT2D eigenvalue weighted by Crippen LogP contribution is 2.32. The number of hydrogen-bond donors (Lipinski definition) is 0. The maximum absolute atomic E-state index is 2.66. The molecule has 0 N–H and O–H groups in total. The molecular weight excluding hydrogens is 208 g/mol. The molecule has 1 aliphatic rings. The first-order chi connectivity index (χ1) is 7.76. The zero-order valence-electron chi connectivity index (χ0n) is 13.0. The van der Waals surface area contributed by atoms with Gasteiger partial charge in [-0.2, -0.15) is 0 Å². The summed E-state index contributed by atoms with van der Waals surface area (Å²) in [4.78, 5) is 5.31. The lowest BCUT2D eigenvalue weighted by atomic mass is 9.78. The third kappa shape index (κ3) is 3.69. The summed E-state index contributed by atoms with van der Waals surface area (Å²) in [6, 6.07) is 1.33. The van der Waals surface area contributed by atoms with Gasteiger partial charge in [-0.25, -0.2) is 0 Å². The molecule has 0 atom stereocenters. The highest BCUT2D eigenvalue weighted by Gasteiger charge is 2.36. The first kappa shape index (κ1) is 15.0. The van der Waals surface area contributed by atoms with Gasteiger partial charge in [-0.1, -0.05) is 20.8 Å². The van der Waals surface area contributed by atoms with Gasteiger partial charge in [0.1, 0.15) is 0 Å². The first-order valence-corrected chi connectivity index (χ1v) is 7.24. The van der Waals surface area contributed by atoms with Gasteiger partial charge in [-0.3, -0.25) is 9.80 Å². The Balaban J connectivity index is 2.86. The van der Waals surface area contributed by atoms with Crippen molar-refractivity contribution in [3.8, 4) is 0 Å². The Labute approximate surface area is 108 Å². The van der Waals surface area contributed by atoms with Crippen LogP contribution in [0.25, 0.3) is 0 Å². The van der Waals surface area contributed by atoms with Crippen molar-refractivity contribution < 1.29 is 0 Å². The van der Waals surface area contributed by atoms with E-state index in [2.05, 4.69) is 58.3 Å². The van der Waals surface area contributed by atoms with Crippen molar-refractivity contribution in [2.45, 2.75) is 60.5 Å². The summed E-state index contributed by atoms with van der Waals surface area (Å²) in [6.07, 6.45) is 0. The quantitative estimate of drug-likeness (QED) is 0.748. The van der Waals surface area contributed by atoms with Crippen molar-refractivity contribution in [1.29, 1.82) is 0 Å². The van der Waals surface area contributed by atoms with Crippen LogP contribution in [0.1, 0.15) is 48.5 Å². The van der Waals surface area contributed by atoms with E-state index < -0.39 is 0 Å². The third-order valence-corrected chi connectivity index (χ3v) is 4.66. The molecule has 0 unspecified atom stereocenters. The van der Waals surface area contributed by atoms with Crippen molar-refractivity contribution in [1.82, 2.24) is 9.80 Å². The van der Waals surface area contributed by atoms with Crippen LogP contribution in [0.3, 0.4) is 0 Å². The summed E-state index contributed by atoms with van der Waals surface area (Å²) in [7, 11) is 0. The number of rotatable bonds is 3. The second kappa shape index (κ2) is 5.71. The van der Waals surface area contributed by atoms with Crippen LogP contribution in [0.4, 0.5) is 0 Å². The van der Waals surface area contributed by atoms with E-state index in [1.165, 1.54) is 26.2 Å². The Kier molecular flexibility index (Phi) is 5.03. The highest BCUT2D eigenvalue weighted by atomic mass is 15.3. The lowest BCUT2D eigenvalue weighted by Crippen LogP contribution is -2.45. The smallest absolute Gasteiger partial charge is 0.0112 e. The van der Waals surface area contributed by atoms with Crippen molar-refractivity contribution in [3.63, 3.8) is 0 Å². The summed E-state index contributed by atoms with van der Waals surface area (Å²) in [6.45, 7) is 21.4. The largest absolute Gasteiger partial charge is 0.299 e. The van der Waals surface area contributed by atoms with E-state index in [4.69, 9.17) is 0 Å². The topological polar surface area (TPSA) is 6.48 Å². The second-order valence-corrected chi connectivity index (χ2v) is 6.94. The lowest BCUT2D eigenvalue weighted by Gasteiger charge is -2.40. The molecule has 0 bridgehead atoms. The molecule has 0 aromatic heterocycles. The zero-order chi connectivity index (χ0) is 13.2.